The molecule has 1 aromatic rings. The maximum atomic E-state index is 10.6. The molecule has 2 nitrogen and oxygen atoms in total. The van der Waals surface area contributed by atoms with E-state index in [1.807, 2.05) is 6.07 Å². The van der Waals surface area contributed by atoms with Crippen LogP contribution in [0.1, 0.15) is 64.7 Å². The van der Waals surface area contributed by atoms with E-state index in [1.54, 1.807) is 0 Å². The van der Waals surface area contributed by atoms with Crippen molar-refractivity contribution in [1.29, 1.82) is 0 Å². The molecule has 0 aromatic heterocycles. The number of aryl methyl sites for hydroxylation is 1. The van der Waals surface area contributed by atoms with Gasteiger partial charge in [0.15, 0.2) is 0 Å². The van der Waals surface area contributed by atoms with Crippen LogP contribution in [0.2, 0.25) is 0 Å². The molecule has 114 valence electrons. The molecular formula is C18H30O2. The van der Waals surface area contributed by atoms with Crippen LogP contribution in [0.4, 0.5) is 0 Å². The molecule has 0 amide bonds. The van der Waals surface area contributed by atoms with Gasteiger partial charge in [-0.25, -0.2) is 0 Å². The molecule has 0 saturated carbocycles. The molecule has 0 aliphatic carbocycles. The molecule has 2 N–H and O–H groups in total. The van der Waals surface area contributed by atoms with Gasteiger partial charge in [0.2, 0.25) is 0 Å². The first-order valence-corrected chi connectivity index (χ1v) is 7.57. The Labute approximate surface area is 123 Å². The first-order chi connectivity index (χ1) is 9.10. The topological polar surface area (TPSA) is 40.5 Å². The summed E-state index contributed by atoms with van der Waals surface area (Å²) in [6.45, 7) is 13.3. The SMILES string of the molecule is CCc1cc(CCO)cc(C(C)(C)CC(C)(C)C)c1O. The molecule has 1 aromatic carbocycles. The molecule has 0 radical (unpaired) electrons. The average molecular weight is 278 g/mol. The summed E-state index contributed by atoms with van der Waals surface area (Å²) in [5.41, 5.74) is 3.22. The number of hydrogen-bond donors (Lipinski definition) is 2. The second-order valence-corrected chi connectivity index (χ2v) is 7.60. The van der Waals surface area contributed by atoms with Crippen molar-refractivity contribution in [2.45, 2.75) is 66.2 Å². The van der Waals surface area contributed by atoms with Crippen molar-refractivity contribution < 1.29 is 10.2 Å². The number of phenolic OH excluding ortho intramolecular Hbond substituents is 1. The summed E-state index contributed by atoms with van der Waals surface area (Å²) in [4.78, 5) is 0. The smallest absolute Gasteiger partial charge is 0.122 e. The summed E-state index contributed by atoms with van der Waals surface area (Å²) in [5.74, 6) is 0.434. The zero-order valence-electron chi connectivity index (χ0n) is 13.9. The molecule has 0 atom stereocenters. The summed E-state index contributed by atoms with van der Waals surface area (Å²) < 4.78 is 0. The van der Waals surface area contributed by atoms with E-state index < -0.39 is 0 Å². The van der Waals surface area contributed by atoms with Crippen LogP contribution >= 0.6 is 0 Å². The highest BCUT2D eigenvalue weighted by Gasteiger charge is 2.30. The second kappa shape index (κ2) is 6.17. The molecule has 0 fully saturated rings. The van der Waals surface area contributed by atoms with Gasteiger partial charge in [-0.05, 0) is 41.2 Å². The van der Waals surface area contributed by atoms with Gasteiger partial charge in [-0.2, -0.15) is 0 Å². The van der Waals surface area contributed by atoms with Gasteiger partial charge in [0, 0.05) is 12.2 Å². The lowest BCUT2D eigenvalue weighted by Crippen LogP contribution is -2.25. The maximum absolute atomic E-state index is 10.6. The van der Waals surface area contributed by atoms with Crippen molar-refractivity contribution in [3.8, 4) is 5.75 Å². The Morgan fingerprint density at radius 3 is 2.10 bits per heavy atom. The van der Waals surface area contributed by atoms with Crippen LogP contribution in [0.3, 0.4) is 0 Å². The molecule has 2 heteroatoms. The number of aliphatic hydroxyl groups is 1. The molecule has 0 heterocycles. The maximum Gasteiger partial charge on any atom is 0.122 e. The summed E-state index contributed by atoms with van der Waals surface area (Å²) >= 11 is 0. The Morgan fingerprint density at radius 1 is 1.05 bits per heavy atom. The highest BCUT2D eigenvalue weighted by atomic mass is 16.3. The molecule has 0 bridgehead atoms. The third kappa shape index (κ3) is 4.24. The van der Waals surface area contributed by atoms with Crippen LogP contribution in [0.15, 0.2) is 12.1 Å². The number of aromatic hydroxyl groups is 1. The quantitative estimate of drug-likeness (QED) is 0.847. The van der Waals surface area contributed by atoms with Crippen molar-refractivity contribution in [2.75, 3.05) is 6.61 Å². The van der Waals surface area contributed by atoms with Gasteiger partial charge in [0.05, 0.1) is 0 Å². The zero-order chi connectivity index (χ0) is 15.6. The van der Waals surface area contributed by atoms with E-state index in [9.17, 15) is 10.2 Å². The molecule has 0 saturated heterocycles. The standard InChI is InChI=1S/C18H30O2/c1-7-14-10-13(8-9-19)11-15(16(14)20)18(5,6)12-17(2,3)4/h10-11,19-20H,7-9,12H2,1-6H3. The Balaban J connectivity index is 3.30. The molecule has 0 aliphatic rings. The molecule has 0 aliphatic heterocycles. The average Bonchev–Trinajstić information content (AvgIpc) is 2.28. The van der Waals surface area contributed by atoms with Crippen molar-refractivity contribution in [3.63, 3.8) is 0 Å². The van der Waals surface area contributed by atoms with Crippen LogP contribution in [-0.2, 0) is 18.3 Å². The lowest BCUT2D eigenvalue weighted by molar-refractivity contribution is 0.277. The predicted octanol–water partition coefficient (Wildman–Crippen LogP) is 4.20. The largest absolute Gasteiger partial charge is 0.507 e. The third-order valence-corrected chi connectivity index (χ3v) is 3.73. The van der Waals surface area contributed by atoms with Crippen molar-refractivity contribution in [2.24, 2.45) is 5.41 Å². The van der Waals surface area contributed by atoms with Gasteiger partial charge >= 0.3 is 0 Å². The third-order valence-electron chi connectivity index (χ3n) is 3.73. The highest BCUT2D eigenvalue weighted by Crippen LogP contribution is 2.41. The van der Waals surface area contributed by atoms with Crippen LogP contribution < -0.4 is 0 Å². The fourth-order valence-electron chi connectivity index (χ4n) is 3.24. The second-order valence-electron chi connectivity index (χ2n) is 7.60. The lowest BCUT2D eigenvalue weighted by atomic mass is 9.71. The van der Waals surface area contributed by atoms with E-state index >= 15 is 0 Å². The molecule has 0 unspecified atom stereocenters. The number of hydrogen-bond acceptors (Lipinski definition) is 2. The van der Waals surface area contributed by atoms with Crippen LogP contribution in [0.5, 0.6) is 5.75 Å². The van der Waals surface area contributed by atoms with Gasteiger partial charge in [0.1, 0.15) is 5.75 Å². The van der Waals surface area contributed by atoms with E-state index in [2.05, 4.69) is 47.6 Å². The Bertz CT molecular complexity index is 453. The first-order valence-electron chi connectivity index (χ1n) is 7.57. The first kappa shape index (κ1) is 17.0. The summed E-state index contributed by atoms with van der Waals surface area (Å²) in [6.07, 6.45) is 2.45. The minimum Gasteiger partial charge on any atom is -0.507 e. The fourth-order valence-corrected chi connectivity index (χ4v) is 3.24. The minimum atomic E-state index is -0.0856. The molecular weight excluding hydrogens is 248 g/mol. The number of rotatable bonds is 5. The van der Waals surface area contributed by atoms with Crippen molar-refractivity contribution >= 4 is 0 Å². The van der Waals surface area contributed by atoms with Crippen molar-refractivity contribution in [3.05, 3.63) is 28.8 Å². The lowest BCUT2D eigenvalue weighted by Gasteiger charge is -2.34. The monoisotopic (exact) mass is 278 g/mol. The van der Waals surface area contributed by atoms with Gasteiger partial charge in [-0.15, -0.1) is 0 Å². The highest BCUT2D eigenvalue weighted by molar-refractivity contribution is 5.47. The molecule has 20 heavy (non-hydrogen) atoms. The molecule has 1 rings (SSSR count). The van der Waals surface area contributed by atoms with Crippen molar-refractivity contribution in [1.82, 2.24) is 0 Å². The van der Waals surface area contributed by atoms with E-state index in [0.717, 1.165) is 29.5 Å². The van der Waals surface area contributed by atoms with E-state index in [-0.39, 0.29) is 17.4 Å². The van der Waals surface area contributed by atoms with Gasteiger partial charge in [0.25, 0.3) is 0 Å². The normalized spacial score (nSPS) is 12.8. The van der Waals surface area contributed by atoms with E-state index in [4.69, 9.17) is 0 Å². The Morgan fingerprint density at radius 2 is 1.65 bits per heavy atom. The fraction of sp³-hybridized carbons (Fsp3) is 0.667. The summed E-state index contributed by atoms with van der Waals surface area (Å²) in [5, 5.41) is 19.7. The van der Waals surface area contributed by atoms with Crippen LogP contribution in [0.25, 0.3) is 0 Å². The Kier molecular flexibility index (Phi) is 5.26. The minimum absolute atomic E-state index is 0.0856. The predicted molar refractivity (Wildman–Crippen MR) is 85.4 cm³/mol. The van der Waals surface area contributed by atoms with Gasteiger partial charge in [-0.1, -0.05) is 53.7 Å². The summed E-state index contributed by atoms with van der Waals surface area (Å²) in [6, 6.07) is 4.08. The number of aliphatic hydroxyl groups excluding tert-OH is 1. The number of phenols is 1. The van der Waals surface area contributed by atoms with Gasteiger partial charge in [-0.3, -0.25) is 0 Å². The van der Waals surface area contributed by atoms with Crippen LogP contribution in [0, 0.1) is 5.41 Å². The zero-order valence-corrected chi connectivity index (χ0v) is 13.9. The van der Waals surface area contributed by atoms with E-state index in [1.165, 1.54) is 0 Å². The number of benzene rings is 1. The van der Waals surface area contributed by atoms with E-state index in [0.29, 0.717) is 12.2 Å². The molecule has 0 spiro atoms. The summed E-state index contributed by atoms with van der Waals surface area (Å²) in [7, 11) is 0. The van der Waals surface area contributed by atoms with Crippen LogP contribution in [-0.4, -0.2) is 16.8 Å². The van der Waals surface area contributed by atoms with Gasteiger partial charge < -0.3 is 10.2 Å². The Hall–Kier alpha value is -1.02.